The van der Waals surface area contributed by atoms with Crippen LogP contribution >= 0.6 is 0 Å². The molecular weight excluding hydrogens is 1560 g/mol. The second kappa shape index (κ2) is 41.4. The van der Waals surface area contributed by atoms with Crippen molar-refractivity contribution in [2.24, 2.45) is 5.92 Å². The lowest BCUT2D eigenvalue weighted by Gasteiger charge is -2.37. The Labute approximate surface area is 727 Å². The third kappa shape index (κ3) is 22.2. The number of piperazine rings is 4. The molecule has 4 aromatic heterocycles. The van der Waals surface area contributed by atoms with E-state index in [1.807, 2.05) is 148 Å². The van der Waals surface area contributed by atoms with Crippen molar-refractivity contribution in [2.45, 2.75) is 115 Å². The van der Waals surface area contributed by atoms with Crippen LogP contribution in [0, 0.1) is 5.92 Å². The zero-order valence-corrected chi connectivity index (χ0v) is 76.6. The van der Waals surface area contributed by atoms with E-state index in [0.717, 1.165) is 244 Å². The van der Waals surface area contributed by atoms with Gasteiger partial charge in [0.25, 0.3) is 0 Å². The van der Waals surface area contributed by atoms with E-state index in [0.29, 0.717) is 74.6 Å². The fourth-order valence-corrected chi connectivity index (χ4v) is 16.9. The van der Waals surface area contributed by atoms with Crippen molar-refractivity contribution in [3.63, 3.8) is 0 Å². The van der Waals surface area contributed by atoms with Gasteiger partial charge in [0.05, 0.1) is 62.7 Å². The molecule has 0 bridgehead atoms. The summed E-state index contributed by atoms with van der Waals surface area (Å²) in [6.45, 7) is 21.5. The first kappa shape index (κ1) is 90.3. The second-order valence-electron chi connectivity index (χ2n) is 35.0. The molecule has 123 heavy (non-hydrogen) atoms. The number of methoxy groups -OCH3 is 4. The number of nitrogens with one attached hydrogen (secondary N) is 1. The maximum Gasteiger partial charge on any atom is 0.319 e. The highest BCUT2D eigenvalue weighted by molar-refractivity contribution is 5.97. The molecule has 10 heterocycles. The Balaban J connectivity index is 0.000000141. The number of aromatic nitrogens is 8. The van der Waals surface area contributed by atoms with E-state index in [1.54, 1.807) is 47.4 Å². The van der Waals surface area contributed by atoms with Crippen LogP contribution in [0.5, 0.6) is 46.0 Å². The van der Waals surface area contributed by atoms with Crippen LogP contribution in [-0.4, -0.2) is 357 Å². The van der Waals surface area contributed by atoms with E-state index < -0.39 is 0 Å². The van der Waals surface area contributed by atoms with Gasteiger partial charge >= 0.3 is 6.03 Å². The lowest BCUT2D eigenvalue weighted by molar-refractivity contribution is -0.134. The molecule has 0 atom stereocenters. The van der Waals surface area contributed by atoms with Crippen molar-refractivity contribution in [1.29, 1.82) is 0 Å². The topological polar surface area (TPSA) is 268 Å². The van der Waals surface area contributed by atoms with E-state index in [9.17, 15) is 9.59 Å². The van der Waals surface area contributed by atoms with Crippen LogP contribution in [0.4, 0.5) is 51.9 Å². The molecule has 8 aromatic rings. The SMILES string of the molecule is COc1cc2c(N3CCN(C(=O)C(C)C)CC3)nc(N(C)C)nc2cc1OC1CCCC1.COc1cc2c(N3CCN(C(=O)N(C)C)CC3)nc(N(C)C)nc2cc1OC1CCCC1.COc1cc2c(N3CCN(C)CC3)nc(N(C)C)nc2cc1OC1CCN(C)CC1.COc1cc2c(N3CCN(C)CC3)nc(N(C)C)nc2cc1OC1CCNCC1. The number of benzene rings is 4. The summed E-state index contributed by atoms with van der Waals surface area (Å²) in [7, 11) is 32.5. The number of nitrogens with zero attached hydrogens (tertiary/aromatic N) is 22. The molecule has 0 spiro atoms. The summed E-state index contributed by atoms with van der Waals surface area (Å²) in [4.78, 5) is 92.9. The number of carbonyl (C=O) groups excluding carboxylic acids is 2. The monoisotopic (exact) mass is 1700 g/mol. The minimum Gasteiger partial charge on any atom is -0.493 e. The van der Waals surface area contributed by atoms with Gasteiger partial charge in [-0.2, -0.15) is 19.9 Å². The Morgan fingerprint density at radius 3 is 0.862 bits per heavy atom. The molecular formula is C90H135N23O10. The number of ether oxygens (including phenoxy) is 8. The zero-order chi connectivity index (χ0) is 87.3. The molecule has 0 radical (unpaired) electrons. The average molecular weight is 1700 g/mol. The summed E-state index contributed by atoms with van der Waals surface area (Å²) >= 11 is 0. The van der Waals surface area contributed by atoms with Gasteiger partial charge in [0.15, 0.2) is 46.0 Å². The number of amides is 3. The highest BCUT2D eigenvalue weighted by Gasteiger charge is 2.33. The first-order chi connectivity index (χ1) is 59.2. The fraction of sp³-hybridized carbons (Fsp3) is 0.622. The molecule has 1 N–H and O–H groups in total. The molecule has 2 aliphatic carbocycles. The van der Waals surface area contributed by atoms with E-state index in [1.165, 1.54) is 25.7 Å². The van der Waals surface area contributed by atoms with Crippen molar-refractivity contribution in [2.75, 3.05) is 290 Å². The number of piperidine rings is 2. The van der Waals surface area contributed by atoms with E-state index in [2.05, 4.69) is 60.8 Å². The van der Waals surface area contributed by atoms with Gasteiger partial charge in [0.2, 0.25) is 29.7 Å². The van der Waals surface area contributed by atoms with Gasteiger partial charge < -0.3 is 112 Å². The molecule has 6 saturated heterocycles. The summed E-state index contributed by atoms with van der Waals surface area (Å²) < 4.78 is 48.1. The number of hydrogen-bond acceptors (Lipinski definition) is 30. The van der Waals surface area contributed by atoms with Crippen LogP contribution < -0.4 is 82.4 Å². The second-order valence-corrected chi connectivity index (χ2v) is 35.0. The van der Waals surface area contributed by atoms with Gasteiger partial charge in [-0.1, -0.05) is 13.8 Å². The number of rotatable bonds is 21. The lowest BCUT2D eigenvalue weighted by Crippen LogP contribution is -2.51. The number of hydrogen-bond donors (Lipinski definition) is 1. The highest BCUT2D eigenvalue weighted by atomic mass is 16.5. The molecule has 8 aliphatic rings. The predicted molar refractivity (Wildman–Crippen MR) is 491 cm³/mol. The van der Waals surface area contributed by atoms with E-state index in [4.69, 9.17) is 77.8 Å². The minimum atomic E-state index is 0.0179. The molecule has 6 aliphatic heterocycles. The van der Waals surface area contributed by atoms with Crippen LogP contribution in [0.15, 0.2) is 48.5 Å². The molecule has 33 nitrogen and oxygen atoms in total. The summed E-state index contributed by atoms with van der Waals surface area (Å²) in [6, 6.07) is 16.1. The van der Waals surface area contributed by atoms with Gasteiger partial charge in [0.1, 0.15) is 35.5 Å². The van der Waals surface area contributed by atoms with Crippen LogP contribution in [-0.2, 0) is 4.79 Å². The number of likely N-dealkylation sites (N-methyl/N-ethyl adjacent to an activating group) is 2. The van der Waals surface area contributed by atoms with Crippen molar-refractivity contribution >= 4 is 103 Å². The third-order valence-electron chi connectivity index (χ3n) is 24.4. The van der Waals surface area contributed by atoms with Gasteiger partial charge in [-0.25, -0.2) is 24.7 Å². The maximum atomic E-state index is 12.4. The summed E-state index contributed by atoms with van der Waals surface area (Å²) in [6.07, 6.45) is 14.1. The quantitative estimate of drug-likeness (QED) is 0.0701. The molecule has 2 saturated carbocycles. The summed E-state index contributed by atoms with van der Waals surface area (Å²) in [5, 5.41) is 7.27. The van der Waals surface area contributed by atoms with Crippen molar-refractivity contribution in [3.05, 3.63) is 48.5 Å². The van der Waals surface area contributed by atoms with Crippen LogP contribution in [0.1, 0.15) is 90.9 Å². The Hall–Kier alpha value is -10.4. The van der Waals surface area contributed by atoms with Crippen molar-refractivity contribution < 1.29 is 47.5 Å². The zero-order valence-electron chi connectivity index (χ0n) is 76.6. The molecule has 4 aromatic carbocycles. The molecule has 3 amide bonds. The number of urea groups is 1. The molecule has 16 rings (SSSR count). The normalized spacial score (nSPS) is 18.1. The first-order valence-corrected chi connectivity index (χ1v) is 44.2. The van der Waals surface area contributed by atoms with Crippen molar-refractivity contribution in [3.8, 4) is 46.0 Å². The van der Waals surface area contributed by atoms with Crippen LogP contribution in [0.2, 0.25) is 0 Å². The average Bonchev–Trinajstić information content (AvgIpc) is 1.20. The third-order valence-corrected chi connectivity index (χ3v) is 24.4. The van der Waals surface area contributed by atoms with Gasteiger partial charge in [0, 0.05) is 240 Å². The number of anilines is 8. The standard InChI is InChI=1S/C24H35N5O3.C23H34N6O3.C22H34N6O2.C21H32N6O2/c1-16(2)23(30)29-12-10-28(11-13-29)22-18-14-20(31-5)21(32-17-8-6-7-9-17)15-19(18)25-24(26-22)27(3)4;1-26(2)22-24-18-15-20(32-16-8-6-7-9-16)19(31-5)14-17(18)21(25-22)28-10-12-29(13-11-28)23(30)27(3)4;1-25(2)22-23-18-15-20(30-16-6-8-26(3)9-7-16)19(29-5)14-17(18)21(24-22)28-12-10-27(4)11-13-28;1-25(2)21-23-17-14-19(29-15-5-7-22-8-6-15)18(28-4)13-16(17)20(24-21)27-11-9-26(3)10-12-27/h14-17H,6-13H2,1-5H3;14-16H,6-13H2,1-5H3;14-16H,6-13H2,1-5H3;13-15,22H,5-12H2,1-4H3. The van der Waals surface area contributed by atoms with Gasteiger partial charge in [-0.15, -0.1) is 0 Å². The van der Waals surface area contributed by atoms with Gasteiger partial charge in [-0.05, 0) is 136 Å². The Bertz CT molecular complexity index is 4690. The maximum absolute atomic E-state index is 12.4. The molecule has 0 unspecified atom stereocenters. The summed E-state index contributed by atoms with van der Waals surface area (Å²) in [5.41, 5.74) is 3.46. The largest absolute Gasteiger partial charge is 0.493 e. The van der Waals surface area contributed by atoms with Crippen molar-refractivity contribution in [1.82, 2.24) is 74.6 Å². The Morgan fingerprint density at radius 1 is 0.333 bits per heavy atom. The number of fused-ring (bicyclic) bond motifs is 4. The van der Waals surface area contributed by atoms with E-state index in [-0.39, 0.29) is 42.3 Å². The molecule has 33 heteroatoms. The first-order valence-electron chi connectivity index (χ1n) is 44.2. The molecule has 670 valence electrons. The smallest absolute Gasteiger partial charge is 0.319 e. The lowest BCUT2D eigenvalue weighted by atomic mass is 10.1. The minimum absolute atomic E-state index is 0.0179. The Morgan fingerprint density at radius 2 is 0.593 bits per heavy atom. The van der Waals surface area contributed by atoms with Crippen LogP contribution in [0.3, 0.4) is 0 Å². The van der Waals surface area contributed by atoms with E-state index >= 15 is 0 Å². The predicted octanol–water partition coefficient (Wildman–Crippen LogP) is 9.68. The fourth-order valence-electron chi connectivity index (χ4n) is 16.9. The highest BCUT2D eigenvalue weighted by Crippen LogP contribution is 2.44. The number of likely N-dealkylation sites (tertiary alicyclic amines) is 1. The Kier molecular flexibility index (Phi) is 30.4. The number of carbonyl (C=O) groups is 2. The summed E-state index contributed by atoms with van der Waals surface area (Å²) in [5.74, 6) is 12.6. The van der Waals surface area contributed by atoms with Gasteiger partial charge in [-0.3, -0.25) is 4.79 Å². The van der Waals surface area contributed by atoms with Crippen LogP contribution in [0.25, 0.3) is 43.6 Å². The molecule has 8 fully saturated rings.